The fourth-order valence-electron chi connectivity index (χ4n) is 2.91. The molecular formula is C25H27ClN4O3. The SMILES string of the molecule is C=CO.Cl.N=C(N)c1ccc(NC(=O)CC(=O)NCc2ccccc2-c2ccccc2)cc1. The molecule has 0 bridgehead atoms. The number of nitrogens with two attached hydrogens (primary N) is 1. The predicted octanol–water partition coefficient (Wildman–Crippen LogP) is 4.39. The Balaban J connectivity index is 0.00000129. The lowest BCUT2D eigenvalue weighted by Gasteiger charge is -2.11. The summed E-state index contributed by atoms with van der Waals surface area (Å²) in [5.74, 6) is -0.807. The first-order valence-electron chi connectivity index (χ1n) is 9.84. The third-order valence-electron chi connectivity index (χ3n) is 4.38. The molecule has 0 saturated carbocycles. The fourth-order valence-corrected chi connectivity index (χ4v) is 2.91. The van der Waals surface area contributed by atoms with E-state index in [1.54, 1.807) is 24.3 Å². The molecule has 3 aromatic rings. The number of halogens is 1. The van der Waals surface area contributed by atoms with Crippen LogP contribution in [0, 0.1) is 5.41 Å². The van der Waals surface area contributed by atoms with Crippen molar-refractivity contribution in [1.29, 1.82) is 5.41 Å². The zero-order chi connectivity index (χ0) is 23.3. The number of aliphatic hydroxyl groups excluding tert-OH is 1. The molecule has 0 fully saturated rings. The van der Waals surface area contributed by atoms with Gasteiger partial charge in [0.2, 0.25) is 11.8 Å². The number of benzene rings is 3. The van der Waals surface area contributed by atoms with E-state index in [0.29, 0.717) is 17.8 Å². The van der Waals surface area contributed by atoms with Gasteiger partial charge in [-0.25, -0.2) is 0 Å². The number of amides is 2. The van der Waals surface area contributed by atoms with E-state index in [-0.39, 0.29) is 30.6 Å². The molecule has 2 amide bonds. The Hall–Kier alpha value is -4.10. The molecule has 0 spiro atoms. The first kappa shape index (κ1) is 26.9. The van der Waals surface area contributed by atoms with Gasteiger partial charge in [-0.05, 0) is 41.0 Å². The normalized spacial score (nSPS) is 9.33. The van der Waals surface area contributed by atoms with Crippen molar-refractivity contribution in [2.45, 2.75) is 13.0 Å². The van der Waals surface area contributed by atoms with Gasteiger partial charge in [0.05, 0.1) is 6.26 Å². The Kier molecular flexibility index (Phi) is 11.5. The van der Waals surface area contributed by atoms with Crippen LogP contribution in [0.4, 0.5) is 5.69 Å². The highest BCUT2D eigenvalue weighted by Gasteiger charge is 2.11. The number of nitrogens with one attached hydrogen (secondary N) is 3. The quantitative estimate of drug-likeness (QED) is 0.153. The first-order chi connectivity index (χ1) is 15.4. The average molecular weight is 467 g/mol. The van der Waals surface area contributed by atoms with Crippen LogP contribution >= 0.6 is 12.4 Å². The number of carbonyl (C=O) groups is 2. The number of hydrogen-bond donors (Lipinski definition) is 5. The Labute approximate surface area is 199 Å². The van der Waals surface area contributed by atoms with E-state index in [9.17, 15) is 9.59 Å². The second kappa shape index (κ2) is 14.1. The minimum absolute atomic E-state index is 0. The lowest BCUT2D eigenvalue weighted by atomic mass is 10.00. The molecule has 0 aliphatic heterocycles. The minimum atomic E-state index is -0.408. The maximum absolute atomic E-state index is 12.2. The van der Waals surface area contributed by atoms with E-state index in [0.717, 1.165) is 23.0 Å². The van der Waals surface area contributed by atoms with Crippen LogP contribution in [-0.4, -0.2) is 22.8 Å². The van der Waals surface area contributed by atoms with E-state index >= 15 is 0 Å². The van der Waals surface area contributed by atoms with Crippen molar-refractivity contribution in [3.8, 4) is 11.1 Å². The largest absolute Gasteiger partial charge is 0.516 e. The summed E-state index contributed by atoms with van der Waals surface area (Å²) in [4.78, 5) is 24.3. The number of aliphatic hydroxyl groups is 1. The molecule has 0 atom stereocenters. The Bertz CT molecular complexity index is 1070. The number of nitrogen functional groups attached to an aromatic ring is 1. The molecule has 33 heavy (non-hydrogen) atoms. The Morgan fingerprint density at radius 1 is 0.939 bits per heavy atom. The van der Waals surface area contributed by atoms with Crippen LogP contribution in [0.25, 0.3) is 11.1 Å². The van der Waals surface area contributed by atoms with E-state index in [4.69, 9.17) is 16.2 Å². The molecule has 6 N–H and O–H groups in total. The van der Waals surface area contributed by atoms with Gasteiger partial charge in [0.15, 0.2) is 0 Å². The lowest BCUT2D eigenvalue weighted by Crippen LogP contribution is -2.28. The molecule has 0 heterocycles. The summed E-state index contributed by atoms with van der Waals surface area (Å²) in [6.07, 6.45) is 0.474. The molecule has 8 heteroatoms. The van der Waals surface area contributed by atoms with Crippen molar-refractivity contribution in [2.75, 3.05) is 5.32 Å². The highest BCUT2D eigenvalue weighted by molar-refractivity contribution is 6.04. The average Bonchev–Trinajstić information content (AvgIpc) is 2.79. The standard InChI is InChI=1S/C23H22N4O2.C2H4O.ClH/c24-23(25)17-10-12-19(13-11-17)27-22(29)14-21(28)26-15-18-8-4-5-9-20(18)16-6-2-1-3-7-16;1-2-3;/h1-13H,14-15H2,(H3,24,25)(H,26,28)(H,27,29);2-3H,1H2;1H. The zero-order valence-corrected chi connectivity index (χ0v) is 18.8. The zero-order valence-electron chi connectivity index (χ0n) is 18.0. The number of rotatable bonds is 7. The van der Waals surface area contributed by atoms with Crippen LogP contribution in [0.2, 0.25) is 0 Å². The second-order valence-corrected chi connectivity index (χ2v) is 6.70. The van der Waals surface area contributed by atoms with Crippen LogP contribution in [0.5, 0.6) is 0 Å². The van der Waals surface area contributed by atoms with Crippen LogP contribution in [-0.2, 0) is 16.1 Å². The predicted molar refractivity (Wildman–Crippen MR) is 135 cm³/mol. The molecule has 172 valence electrons. The maximum Gasteiger partial charge on any atom is 0.233 e. The summed E-state index contributed by atoms with van der Waals surface area (Å²) in [6.45, 7) is 3.25. The van der Waals surface area contributed by atoms with Gasteiger partial charge >= 0.3 is 0 Å². The summed E-state index contributed by atoms with van der Waals surface area (Å²) < 4.78 is 0. The van der Waals surface area contributed by atoms with Crippen molar-refractivity contribution in [2.24, 2.45) is 5.73 Å². The van der Waals surface area contributed by atoms with Crippen molar-refractivity contribution in [3.63, 3.8) is 0 Å². The van der Waals surface area contributed by atoms with E-state index in [1.807, 2.05) is 54.6 Å². The molecule has 7 nitrogen and oxygen atoms in total. The number of hydrogen-bond acceptors (Lipinski definition) is 4. The van der Waals surface area contributed by atoms with Gasteiger partial charge in [-0.3, -0.25) is 15.0 Å². The smallest absolute Gasteiger partial charge is 0.233 e. The van der Waals surface area contributed by atoms with Gasteiger partial charge < -0.3 is 21.5 Å². The Morgan fingerprint density at radius 3 is 2.12 bits per heavy atom. The van der Waals surface area contributed by atoms with Gasteiger partial charge in [-0.2, -0.15) is 0 Å². The molecular weight excluding hydrogens is 440 g/mol. The molecule has 0 radical (unpaired) electrons. The topological polar surface area (TPSA) is 128 Å². The first-order valence-corrected chi connectivity index (χ1v) is 9.84. The van der Waals surface area contributed by atoms with Gasteiger partial charge in [0.1, 0.15) is 12.3 Å². The van der Waals surface area contributed by atoms with Crippen molar-refractivity contribution in [1.82, 2.24) is 5.32 Å². The molecule has 0 aliphatic rings. The van der Waals surface area contributed by atoms with E-state index in [2.05, 4.69) is 17.2 Å². The Morgan fingerprint density at radius 2 is 1.52 bits per heavy atom. The second-order valence-electron chi connectivity index (χ2n) is 6.70. The summed E-state index contributed by atoms with van der Waals surface area (Å²) >= 11 is 0. The van der Waals surface area contributed by atoms with Crippen molar-refractivity contribution < 1.29 is 14.7 Å². The molecule has 3 rings (SSSR count). The molecule has 0 aliphatic carbocycles. The van der Waals surface area contributed by atoms with Crippen LogP contribution in [0.15, 0.2) is 91.7 Å². The van der Waals surface area contributed by atoms with Gasteiger partial charge in [-0.1, -0.05) is 61.2 Å². The van der Waals surface area contributed by atoms with Gasteiger partial charge in [0.25, 0.3) is 0 Å². The summed E-state index contributed by atoms with van der Waals surface area (Å²) in [5, 5.41) is 20.2. The highest BCUT2D eigenvalue weighted by atomic mass is 35.5. The number of carbonyl (C=O) groups excluding carboxylic acids is 2. The fraction of sp³-hybridized carbons (Fsp3) is 0.0800. The monoisotopic (exact) mass is 466 g/mol. The number of amidine groups is 1. The van der Waals surface area contributed by atoms with Crippen molar-refractivity contribution in [3.05, 3.63) is 103 Å². The lowest BCUT2D eigenvalue weighted by molar-refractivity contribution is -0.126. The van der Waals surface area contributed by atoms with E-state index < -0.39 is 5.91 Å². The third kappa shape index (κ3) is 8.88. The van der Waals surface area contributed by atoms with Crippen LogP contribution in [0.1, 0.15) is 17.5 Å². The van der Waals surface area contributed by atoms with E-state index in [1.165, 1.54) is 0 Å². The molecule has 0 saturated heterocycles. The van der Waals surface area contributed by atoms with Gasteiger partial charge in [0, 0.05) is 17.8 Å². The third-order valence-corrected chi connectivity index (χ3v) is 4.38. The van der Waals surface area contributed by atoms with Crippen molar-refractivity contribution >= 4 is 35.7 Å². The molecule has 3 aromatic carbocycles. The van der Waals surface area contributed by atoms with Crippen LogP contribution < -0.4 is 16.4 Å². The minimum Gasteiger partial charge on any atom is -0.516 e. The van der Waals surface area contributed by atoms with Gasteiger partial charge in [-0.15, -0.1) is 12.4 Å². The molecule has 0 aromatic heterocycles. The summed E-state index contributed by atoms with van der Waals surface area (Å²) in [6, 6.07) is 24.3. The highest BCUT2D eigenvalue weighted by Crippen LogP contribution is 2.23. The summed E-state index contributed by atoms with van der Waals surface area (Å²) in [5.41, 5.74) is 9.61. The summed E-state index contributed by atoms with van der Waals surface area (Å²) in [7, 11) is 0. The maximum atomic E-state index is 12.2. The molecule has 0 unspecified atom stereocenters. The number of anilines is 1. The van der Waals surface area contributed by atoms with Crippen LogP contribution in [0.3, 0.4) is 0 Å².